The Labute approximate surface area is 137 Å². The molecule has 1 aromatic heterocycles. The van der Waals surface area contributed by atoms with Crippen LogP contribution in [0.1, 0.15) is 26.5 Å². The number of alkyl halides is 3. The van der Waals surface area contributed by atoms with Crippen LogP contribution in [0.4, 0.5) is 17.6 Å². The summed E-state index contributed by atoms with van der Waals surface area (Å²) in [4.78, 5) is 30.1. The minimum absolute atomic E-state index is 0.151. The van der Waals surface area contributed by atoms with Crippen molar-refractivity contribution in [1.82, 2.24) is 15.3 Å². The molecule has 0 aliphatic carbocycles. The number of primary amides is 1. The van der Waals surface area contributed by atoms with E-state index in [0.29, 0.717) is 0 Å². The van der Waals surface area contributed by atoms with Crippen molar-refractivity contribution >= 4 is 11.8 Å². The van der Waals surface area contributed by atoms with Gasteiger partial charge in [0.05, 0.1) is 0 Å². The Morgan fingerprint density at radius 2 is 1.84 bits per heavy atom. The molecule has 1 heterocycles. The molecule has 11 heteroatoms. The Morgan fingerprint density at radius 3 is 2.48 bits per heavy atom. The lowest BCUT2D eigenvalue weighted by Crippen LogP contribution is -2.25. The highest BCUT2D eigenvalue weighted by molar-refractivity contribution is 5.96. The van der Waals surface area contributed by atoms with E-state index in [-0.39, 0.29) is 23.5 Å². The van der Waals surface area contributed by atoms with Gasteiger partial charge in [0.1, 0.15) is 17.7 Å². The van der Waals surface area contributed by atoms with Crippen molar-refractivity contribution in [3.05, 3.63) is 53.4 Å². The van der Waals surface area contributed by atoms with Crippen LogP contribution in [0.2, 0.25) is 0 Å². The van der Waals surface area contributed by atoms with Gasteiger partial charge in [0.25, 0.3) is 11.8 Å². The molecule has 2 amide bonds. The van der Waals surface area contributed by atoms with Gasteiger partial charge >= 0.3 is 6.36 Å². The Hall–Kier alpha value is -3.24. The molecule has 0 saturated heterocycles. The van der Waals surface area contributed by atoms with Crippen molar-refractivity contribution < 1.29 is 31.9 Å². The van der Waals surface area contributed by atoms with E-state index >= 15 is 0 Å². The zero-order valence-electron chi connectivity index (χ0n) is 12.3. The van der Waals surface area contributed by atoms with Crippen LogP contribution >= 0.6 is 0 Å². The van der Waals surface area contributed by atoms with E-state index in [1.165, 1.54) is 6.07 Å². The highest BCUT2D eigenvalue weighted by Crippen LogP contribution is 2.26. The molecule has 0 aliphatic heterocycles. The molecule has 7 nitrogen and oxygen atoms in total. The fourth-order valence-electron chi connectivity index (χ4n) is 1.75. The van der Waals surface area contributed by atoms with Crippen molar-refractivity contribution in [3.63, 3.8) is 0 Å². The summed E-state index contributed by atoms with van der Waals surface area (Å²) in [5, 5.41) is 2.35. The molecule has 2 rings (SSSR count). The second kappa shape index (κ2) is 7.11. The lowest BCUT2D eigenvalue weighted by Gasteiger charge is -2.11. The molecule has 0 aliphatic rings. The number of benzene rings is 1. The molecule has 0 bridgehead atoms. The van der Waals surface area contributed by atoms with Crippen LogP contribution in [0, 0.1) is 5.82 Å². The Morgan fingerprint density at radius 1 is 1.16 bits per heavy atom. The molecule has 3 N–H and O–H groups in total. The maximum absolute atomic E-state index is 13.3. The molecule has 0 radical (unpaired) electrons. The van der Waals surface area contributed by atoms with Crippen LogP contribution in [0.25, 0.3) is 0 Å². The van der Waals surface area contributed by atoms with Crippen molar-refractivity contribution in [3.8, 4) is 5.75 Å². The van der Waals surface area contributed by atoms with E-state index in [9.17, 15) is 27.2 Å². The van der Waals surface area contributed by atoms with E-state index in [0.717, 1.165) is 24.5 Å². The molecule has 0 unspecified atom stereocenters. The van der Waals surface area contributed by atoms with E-state index in [1.807, 2.05) is 0 Å². The first kappa shape index (κ1) is 18.1. The van der Waals surface area contributed by atoms with Gasteiger partial charge in [-0.25, -0.2) is 14.4 Å². The average Bonchev–Trinajstić information content (AvgIpc) is 2.54. The highest BCUT2D eigenvalue weighted by atomic mass is 19.4. The molecule has 0 atom stereocenters. The maximum atomic E-state index is 13.3. The zero-order valence-corrected chi connectivity index (χ0v) is 12.3. The lowest BCUT2D eigenvalue weighted by molar-refractivity contribution is -0.275. The molecule has 2 aromatic rings. The number of halogens is 4. The molecular weight excluding hydrogens is 348 g/mol. The van der Waals surface area contributed by atoms with Gasteiger partial charge in [-0.3, -0.25) is 9.59 Å². The van der Waals surface area contributed by atoms with Gasteiger partial charge in [-0.05, 0) is 17.7 Å². The number of hydrogen-bond donors (Lipinski definition) is 2. The Kier molecular flexibility index (Phi) is 5.15. The van der Waals surface area contributed by atoms with Gasteiger partial charge in [0.15, 0.2) is 11.6 Å². The monoisotopic (exact) mass is 358 g/mol. The van der Waals surface area contributed by atoms with Crippen LogP contribution in [0.3, 0.4) is 0 Å². The quantitative estimate of drug-likeness (QED) is 0.789. The van der Waals surface area contributed by atoms with E-state index in [1.54, 1.807) is 0 Å². The van der Waals surface area contributed by atoms with Gasteiger partial charge in [-0.2, -0.15) is 0 Å². The molecular formula is C14H10F4N4O3. The first-order valence-corrected chi connectivity index (χ1v) is 6.60. The Balaban J connectivity index is 2.08. The maximum Gasteiger partial charge on any atom is 0.573 e. The summed E-state index contributed by atoms with van der Waals surface area (Å²) in [5.74, 6) is -3.80. The predicted octanol–water partition coefficient (Wildman–Crippen LogP) is 1.54. The predicted molar refractivity (Wildman–Crippen MR) is 74.8 cm³/mol. The summed E-state index contributed by atoms with van der Waals surface area (Å²) in [5.41, 5.74) is 4.83. The van der Waals surface area contributed by atoms with Crippen LogP contribution in [0.5, 0.6) is 5.75 Å². The van der Waals surface area contributed by atoms with Gasteiger partial charge in [-0.1, -0.05) is 6.07 Å². The smallest absolute Gasteiger partial charge is 0.403 e. The molecule has 25 heavy (non-hydrogen) atoms. The second-order valence-electron chi connectivity index (χ2n) is 4.65. The summed E-state index contributed by atoms with van der Waals surface area (Å²) < 4.78 is 53.4. The van der Waals surface area contributed by atoms with Gasteiger partial charge in [0, 0.05) is 12.6 Å². The number of nitrogens with one attached hydrogen (secondary N) is 1. The van der Waals surface area contributed by atoms with Crippen molar-refractivity contribution in [2.75, 3.05) is 0 Å². The topological polar surface area (TPSA) is 107 Å². The van der Waals surface area contributed by atoms with Gasteiger partial charge in [-0.15, -0.1) is 13.2 Å². The van der Waals surface area contributed by atoms with Crippen molar-refractivity contribution in [1.29, 1.82) is 0 Å². The minimum atomic E-state index is -5.05. The van der Waals surface area contributed by atoms with Crippen molar-refractivity contribution in [2.24, 2.45) is 5.73 Å². The van der Waals surface area contributed by atoms with Crippen LogP contribution in [0.15, 0.2) is 30.6 Å². The third kappa shape index (κ3) is 5.12. The third-order valence-corrected chi connectivity index (χ3v) is 2.83. The lowest BCUT2D eigenvalue weighted by atomic mass is 10.2. The van der Waals surface area contributed by atoms with Crippen LogP contribution in [-0.4, -0.2) is 28.1 Å². The third-order valence-electron chi connectivity index (χ3n) is 2.83. The number of carbonyl (C=O) groups is 2. The summed E-state index contributed by atoms with van der Waals surface area (Å²) in [6.07, 6.45) is -4.09. The molecule has 0 fully saturated rings. The number of amides is 2. The summed E-state index contributed by atoms with van der Waals surface area (Å²) in [6, 6.07) is 3.81. The fourth-order valence-corrected chi connectivity index (χ4v) is 1.75. The van der Waals surface area contributed by atoms with E-state index < -0.39 is 29.7 Å². The Bertz CT molecular complexity index is 811. The second-order valence-corrected chi connectivity index (χ2v) is 4.65. The van der Waals surface area contributed by atoms with Gasteiger partial charge in [0.2, 0.25) is 0 Å². The SMILES string of the molecule is NC(=O)c1cc(C(=O)NCc2ccc(F)c(OC(F)(F)F)c2)ncn1. The number of hydrogen-bond acceptors (Lipinski definition) is 5. The molecule has 132 valence electrons. The van der Waals surface area contributed by atoms with Gasteiger partial charge < -0.3 is 15.8 Å². The molecule has 1 aromatic carbocycles. The van der Waals surface area contributed by atoms with Crippen molar-refractivity contribution in [2.45, 2.75) is 12.9 Å². The number of nitrogens with zero attached hydrogens (tertiary/aromatic N) is 2. The number of carbonyl (C=O) groups excluding carboxylic acids is 2. The standard InChI is InChI=1S/C14H10F4N4O3/c15-8-2-1-7(3-11(8)25-14(16,17)18)5-20-13(24)10-4-9(12(19)23)21-6-22-10/h1-4,6H,5H2,(H2,19,23)(H,20,24). The number of rotatable bonds is 5. The summed E-state index contributed by atoms with van der Waals surface area (Å²) in [7, 11) is 0. The highest BCUT2D eigenvalue weighted by Gasteiger charge is 2.32. The molecule has 0 spiro atoms. The first-order valence-electron chi connectivity index (χ1n) is 6.60. The summed E-state index contributed by atoms with van der Waals surface area (Å²) in [6.45, 7) is -0.233. The fraction of sp³-hybridized carbons (Fsp3) is 0.143. The largest absolute Gasteiger partial charge is 0.573 e. The van der Waals surface area contributed by atoms with Crippen LogP contribution < -0.4 is 15.8 Å². The van der Waals surface area contributed by atoms with Crippen LogP contribution in [-0.2, 0) is 6.54 Å². The normalized spacial score (nSPS) is 11.0. The van der Waals surface area contributed by atoms with E-state index in [4.69, 9.17) is 5.73 Å². The van der Waals surface area contributed by atoms with E-state index in [2.05, 4.69) is 20.0 Å². The number of nitrogens with two attached hydrogens (primary N) is 1. The minimum Gasteiger partial charge on any atom is -0.403 e. The summed E-state index contributed by atoms with van der Waals surface area (Å²) >= 11 is 0. The first-order chi connectivity index (χ1) is 11.7. The number of ether oxygens (including phenoxy) is 1. The number of aromatic nitrogens is 2. The zero-order chi connectivity index (χ0) is 18.6. The average molecular weight is 358 g/mol. The molecule has 0 saturated carbocycles.